The SMILES string of the molecule is C=C(C)[C@@H]1CC[C@]2(C(=O)N3CCNCC3)CC[C@]3(C)[C@H](CC[C@@H]4[C@@]5(C)CCCNC(C)(C)[C@@H]5CC[C@]43C)[C@@H]12. The van der Waals surface area contributed by atoms with Crippen molar-refractivity contribution in [2.24, 2.45) is 51.2 Å². The number of nitrogens with one attached hydrogen (secondary N) is 2. The number of rotatable bonds is 2. The van der Waals surface area contributed by atoms with E-state index in [1.54, 1.807) is 0 Å². The van der Waals surface area contributed by atoms with Gasteiger partial charge in [0.1, 0.15) is 0 Å². The Kier molecular flexibility index (Phi) is 6.51. The van der Waals surface area contributed by atoms with Crippen LogP contribution in [0.15, 0.2) is 12.2 Å². The van der Waals surface area contributed by atoms with Gasteiger partial charge in [-0.25, -0.2) is 0 Å². The molecule has 1 amide bonds. The van der Waals surface area contributed by atoms with Gasteiger partial charge in [0, 0.05) is 31.7 Å². The Morgan fingerprint density at radius 2 is 1.55 bits per heavy atom. The molecule has 0 aromatic heterocycles. The molecule has 2 N–H and O–H groups in total. The Labute approximate surface area is 233 Å². The lowest BCUT2D eigenvalue weighted by molar-refractivity contribution is -0.224. The Hall–Kier alpha value is -0.870. The molecule has 0 aromatic carbocycles. The van der Waals surface area contributed by atoms with Crippen LogP contribution in [-0.4, -0.2) is 49.1 Å². The van der Waals surface area contributed by atoms with Crippen LogP contribution in [0.3, 0.4) is 0 Å². The summed E-state index contributed by atoms with van der Waals surface area (Å²) >= 11 is 0. The highest BCUT2D eigenvalue weighted by atomic mass is 16.2. The van der Waals surface area contributed by atoms with E-state index in [-0.39, 0.29) is 11.0 Å². The first-order chi connectivity index (χ1) is 17.9. The molecule has 214 valence electrons. The monoisotopic (exact) mass is 523 g/mol. The van der Waals surface area contributed by atoms with Crippen LogP contribution in [0.4, 0.5) is 0 Å². The summed E-state index contributed by atoms with van der Waals surface area (Å²) in [6, 6.07) is 0. The van der Waals surface area contributed by atoms with E-state index in [2.05, 4.69) is 63.7 Å². The zero-order chi connectivity index (χ0) is 27.1. The van der Waals surface area contributed by atoms with Crippen molar-refractivity contribution in [3.05, 3.63) is 12.2 Å². The molecular weight excluding hydrogens is 466 g/mol. The summed E-state index contributed by atoms with van der Waals surface area (Å²) in [4.78, 5) is 16.7. The van der Waals surface area contributed by atoms with Gasteiger partial charge in [-0.15, -0.1) is 0 Å². The Bertz CT molecular complexity index is 969. The highest BCUT2D eigenvalue weighted by molar-refractivity contribution is 5.84. The van der Waals surface area contributed by atoms with Gasteiger partial charge in [0.25, 0.3) is 0 Å². The van der Waals surface area contributed by atoms with E-state index in [4.69, 9.17) is 0 Å². The van der Waals surface area contributed by atoms with Crippen LogP contribution >= 0.6 is 0 Å². The summed E-state index contributed by atoms with van der Waals surface area (Å²) in [5.41, 5.74) is 2.48. The average Bonchev–Trinajstić information content (AvgIpc) is 3.23. The molecule has 2 heterocycles. The van der Waals surface area contributed by atoms with E-state index in [0.29, 0.717) is 39.9 Å². The molecule has 0 aromatic rings. The van der Waals surface area contributed by atoms with Crippen molar-refractivity contribution >= 4 is 5.91 Å². The average molecular weight is 524 g/mol. The first-order valence-corrected chi connectivity index (χ1v) is 16.3. The van der Waals surface area contributed by atoms with Gasteiger partial charge < -0.3 is 15.5 Å². The molecule has 4 heteroatoms. The van der Waals surface area contributed by atoms with Gasteiger partial charge in [-0.3, -0.25) is 4.79 Å². The molecule has 2 aliphatic heterocycles. The van der Waals surface area contributed by atoms with Gasteiger partial charge in [-0.2, -0.15) is 0 Å². The van der Waals surface area contributed by atoms with Crippen molar-refractivity contribution in [3.63, 3.8) is 0 Å². The van der Waals surface area contributed by atoms with Crippen LogP contribution in [0, 0.1) is 51.2 Å². The highest BCUT2D eigenvalue weighted by Crippen LogP contribution is 2.76. The second-order valence-electron chi connectivity index (χ2n) is 16.1. The van der Waals surface area contributed by atoms with Crippen LogP contribution < -0.4 is 10.6 Å². The lowest BCUT2D eigenvalue weighted by Crippen LogP contribution is -2.67. The first kappa shape index (κ1) is 27.3. The minimum atomic E-state index is -0.149. The lowest BCUT2D eigenvalue weighted by atomic mass is 9.33. The van der Waals surface area contributed by atoms with Crippen LogP contribution in [0.2, 0.25) is 0 Å². The molecule has 4 nitrogen and oxygen atoms in total. The fourth-order valence-electron chi connectivity index (χ4n) is 12.6. The summed E-state index contributed by atoms with van der Waals surface area (Å²) in [5, 5.41) is 7.43. The van der Waals surface area contributed by atoms with Gasteiger partial charge in [0.05, 0.1) is 5.41 Å². The molecule has 6 rings (SSSR count). The summed E-state index contributed by atoms with van der Waals surface area (Å²) in [5.74, 6) is 3.69. The Morgan fingerprint density at radius 1 is 0.816 bits per heavy atom. The summed E-state index contributed by atoms with van der Waals surface area (Å²) < 4.78 is 0. The smallest absolute Gasteiger partial charge is 0.229 e. The number of nitrogens with zero attached hydrogens (tertiary/aromatic N) is 1. The van der Waals surface area contributed by atoms with Crippen LogP contribution in [0.5, 0.6) is 0 Å². The first-order valence-electron chi connectivity index (χ1n) is 16.3. The number of carbonyl (C=O) groups excluding carboxylic acids is 1. The molecule has 6 aliphatic rings. The van der Waals surface area contributed by atoms with E-state index < -0.39 is 0 Å². The molecule has 4 saturated carbocycles. The number of hydrogen-bond acceptors (Lipinski definition) is 3. The Balaban J connectivity index is 1.39. The summed E-state index contributed by atoms with van der Waals surface area (Å²) in [6.07, 6.45) is 12.7. The van der Waals surface area contributed by atoms with Gasteiger partial charge in [0.15, 0.2) is 0 Å². The molecule has 0 bridgehead atoms. The van der Waals surface area contributed by atoms with E-state index in [1.165, 1.54) is 63.5 Å². The normalized spacial score (nSPS) is 50.2. The third kappa shape index (κ3) is 3.57. The molecule has 2 saturated heterocycles. The quantitative estimate of drug-likeness (QED) is 0.411. The summed E-state index contributed by atoms with van der Waals surface area (Å²) in [6.45, 7) is 24.8. The second-order valence-corrected chi connectivity index (χ2v) is 16.1. The number of allylic oxidation sites excluding steroid dienone is 1. The molecule has 38 heavy (non-hydrogen) atoms. The van der Waals surface area contributed by atoms with Gasteiger partial charge in [-0.05, 0) is 137 Å². The van der Waals surface area contributed by atoms with E-state index >= 15 is 0 Å². The highest BCUT2D eigenvalue weighted by Gasteiger charge is 2.71. The largest absolute Gasteiger partial charge is 0.340 e. The van der Waals surface area contributed by atoms with Crippen molar-refractivity contribution in [3.8, 4) is 0 Å². The second kappa shape index (κ2) is 9.07. The maximum absolute atomic E-state index is 14.5. The molecule has 0 spiro atoms. The topological polar surface area (TPSA) is 44.4 Å². The van der Waals surface area contributed by atoms with Gasteiger partial charge >= 0.3 is 0 Å². The molecule has 6 fully saturated rings. The van der Waals surface area contributed by atoms with Crippen molar-refractivity contribution in [1.29, 1.82) is 0 Å². The fourth-order valence-corrected chi connectivity index (χ4v) is 12.6. The van der Waals surface area contributed by atoms with Crippen molar-refractivity contribution < 1.29 is 4.79 Å². The number of carbonyl (C=O) groups is 1. The van der Waals surface area contributed by atoms with E-state index in [0.717, 1.165) is 50.9 Å². The molecule has 0 radical (unpaired) electrons. The van der Waals surface area contributed by atoms with Crippen LogP contribution in [0.25, 0.3) is 0 Å². The minimum absolute atomic E-state index is 0.149. The minimum Gasteiger partial charge on any atom is -0.340 e. The third-order valence-electron chi connectivity index (χ3n) is 14.5. The van der Waals surface area contributed by atoms with Crippen molar-refractivity contribution in [1.82, 2.24) is 15.5 Å². The lowest BCUT2D eigenvalue weighted by Gasteiger charge is -2.71. The maximum Gasteiger partial charge on any atom is 0.229 e. The molecule has 0 unspecified atom stereocenters. The van der Waals surface area contributed by atoms with Crippen molar-refractivity contribution in [2.45, 2.75) is 111 Å². The zero-order valence-corrected chi connectivity index (χ0v) is 25.6. The fraction of sp³-hybridized carbons (Fsp3) is 0.912. The van der Waals surface area contributed by atoms with Crippen LogP contribution in [0.1, 0.15) is 106 Å². The standard InChI is InChI=1S/C34H57N3O/c1-23(2)24-11-15-34(29(38)37-21-19-35-20-22-37)17-16-32(6)25(28(24)34)9-10-27-31(5)13-8-18-36-30(3,4)26(31)12-14-33(27,32)7/h24-28,35-36H,1,8-22H2,2-7H3/t24-,25+,26-,27+,28+,31-,32+,33+,34-/m0/s1. The summed E-state index contributed by atoms with van der Waals surface area (Å²) in [7, 11) is 0. The molecular formula is C34H57N3O. The predicted octanol–water partition coefficient (Wildman–Crippen LogP) is 6.42. The third-order valence-corrected chi connectivity index (χ3v) is 14.5. The van der Waals surface area contributed by atoms with Crippen molar-refractivity contribution in [2.75, 3.05) is 32.7 Å². The van der Waals surface area contributed by atoms with Gasteiger partial charge in [0.2, 0.25) is 5.91 Å². The molecule has 9 atom stereocenters. The predicted molar refractivity (Wildman–Crippen MR) is 157 cm³/mol. The Morgan fingerprint density at radius 3 is 2.26 bits per heavy atom. The zero-order valence-electron chi connectivity index (χ0n) is 25.6. The van der Waals surface area contributed by atoms with E-state index in [9.17, 15) is 4.79 Å². The maximum atomic E-state index is 14.5. The number of hydrogen-bond donors (Lipinski definition) is 2. The number of piperazine rings is 1. The van der Waals surface area contributed by atoms with E-state index in [1.807, 2.05) is 0 Å². The molecule has 4 aliphatic carbocycles. The van der Waals surface area contributed by atoms with Crippen LogP contribution in [-0.2, 0) is 4.79 Å². The number of fused-ring (bicyclic) bond motifs is 7. The van der Waals surface area contributed by atoms with Gasteiger partial charge in [-0.1, -0.05) is 32.9 Å². The number of amides is 1.